The molecule has 1 rings (SSSR count). The molecule has 1 unspecified atom stereocenters. The first-order valence-corrected chi connectivity index (χ1v) is 3.06. The maximum Gasteiger partial charge on any atom is 0.0370 e. The summed E-state index contributed by atoms with van der Waals surface area (Å²) < 4.78 is 0. The molecular weight excluding hydrogens is 102 g/mol. The second kappa shape index (κ2) is 1.71. The summed E-state index contributed by atoms with van der Waals surface area (Å²) in [6.45, 7) is 4.31. The van der Waals surface area contributed by atoms with Crippen LogP contribution in [-0.4, -0.2) is 11.2 Å². The summed E-state index contributed by atoms with van der Waals surface area (Å²) in [5.74, 6) is 0. The fourth-order valence-electron chi connectivity index (χ4n) is 1.11. The third kappa shape index (κ3) is 0.740. The summed E-state index contributed by atoms with van der Waals surface area (Å²) in [4.78, 5) is 0. The second-order valence-electron chi connectivity index (χ2n) is 3.21. The van der Waals surface area contributed by atoms with Crippen molar-refractivity contribution in [3.05, 3.63) is 0 Å². The molecule has 0 amide bonds. The van der Waals surface area contributed by atoms with Crippen molar-refractivity contribution in [3.63, 3.8) is 0 Å². The zero-order chi connectivity index (χ0) is 6.20. The minimum Gasteiger partial charge on any atom is -0.317 e. The van der Waals surface area contributed by atoms with Crippen molar-refractivity contribution in [1.29, 1.82) is 0 Å². The van der Waals surface area contributed by atoms with E-state index in [1.165, 1.54) is 6.42 Å². The summed E-state index contributed by atoms with van der Waals surface area (Å²) in [6.07, 6.45) is 2.34. The van der Waals surface area contributed by atoms with Gasteiger partial charge in [0.1, 0.15) is 0 Å². The van der Waals surface area contributed by atoms with Crippen LogP contribution >= 0.6 is 0 Å². The average Bonchev–Trinajstić information content (AvgIpc) is 1.66. The van der Waals surface area contributed by atoms with Crippen molar-refractivity contribution in [3.8, 4) is 0 Å². The maximum absolute atomic E-state index is 8.47. The van der Waals surface area contributed by atoms with E-state index < -0.39 is 0 Å². The van der Waals surface area contributed by atoms with E-state index in [9.17, 15) is 0 Å². The minimum atomic E-state index is 0.328. The summed E-state index contributed by atoms with van der Waals surface area (Å²) in [6, 6.07) is 0.336. The second-order valence-corrected chi connectivity index (χ2v) is 3.21. The number of hydrogen-bond acceptors (Lipinski definition) is 2. The molecule has 0 bridgehead atoms. The van der Waals surface area contributed by atoms with Gasteiger partial charge in [-0.1, -0.05) is 13.8 Å². The van der Waals surface area contributed by atoms with E-state index in [0.29, 0.717) is 11.5 Å². The van der Waals surface area contributed by atoms with Crippen molar-refractivity contribution in [2.24, 2.45) is 5.41 Å². The van der Waals surface area contributed by atoms with Crippen LogP contribution in [0.25, 0.3) is 0 Å². The molecule has 0 aromatic heterocycles. The van der Waals surface area contributed by atoms with Crippen molar-refractivity contribution >= 4 is 0 Å². The minimum absolute atomic E-state index is 0.328. The Labute approximate surface area is 49.9 Å². The molecule has 1 saturated carbocycles. The molecule has 0 saturated heterocycles. The predicted molar refractivity (Wildman–Crippen MR) is 31.7 cm³/mol. The van der Waals surface area contributed by atoms with E-state index in [1.807, 2.05) is 0 Å². The van der Waals surface area contributed by atoms with Crippen LogP contribution in [0.5, 0.6) is 0 Å². The Morgan fingerprint density at radius 1 is 1.62 bits per heavy atom. The lowest BCUT2D eigenvalue weighted by Crippen LogP contribution is -2.48. The van der Waals surface area contributed by atoms with Gasteiger partial charge in [0.15, 0.2) is 0 Å². The Bertz CT molecular complexity index is 88.5. The molecule has 2 heteroatoms. The van der Waals surface area contributed by atoms with Crippen LogP contribution in [0.1, 0.15) is 26.7 Å². The zero-order valence-electron chi connectivity index (χ0n) is 5.44. The molecule has 2 nitrogen and oxygen atoms in total. The van der Waals surface area contributed by atoms with Gasteiger partial charge in [0.25, 0.3) is 0 Å². The Hall–Kier alpha value is -0.0800. The number of rotatable bonds is 1. The van der Waals surface area contributed by atoms with Gasteiger partial charge < -0.3 is 5.21 Å². The Kier molecular flexibility index (Phi) is 1.29. The van der Waals surface area contributed by atoms with Gasteiger partial charge in [-0.05, 0) is 18.3 Å². The predicted octanol–water partition coefficient (Wildman–Crippen LogP) is 1.15. The van der Waals surface area contributed by atoms with Gasteiger partial charge >= 0.3 is 0 Å². The summed E-state index contributed by atoms with van der Waals surface area (Å²) >= 11 is 0. The lowest BCUT2D eigenvalue weighted by Gasteiger charge is -2.43. The summed E-state index contributed by atoms with van der Waals surface area (Å²) in [5.41, 5.74) is 2.62. The number of nitrogens with one attached hydrogen (secondary N) is 1. The van der Waals surface area contributed by atoms with Crippen LogP contribution in [0.3, 0.4) is 0 Å². The third-order valence-electron chi connectivity index (χ3n) is 2.18. The Morgan fingerprint density at radius 2 is 2.25 bits per heavy atom. The highest BCUT2D eigenvalue weighted by molar-refractivity contribution is 4.91. The molecule has 0 spiro atoms. The highest BCUT2D eigenvalue weighted by Crippen LogP contribution is 2.39. The van der Waals surface area contributed by atoms with Crippen LogP contribution in [0.2, 0.25) is 0 Å². The highest BCUT2D eigenvalue weighted by atomic mass is 16.5. The SMILES string of the molecule is CC1(C)CCC1NO. The maximum atomic E-state index is 8.47. The van der Waals surface area contributed by atoms with Gasteiger partial charge in [0.05, 0.1) is 0 Å². The Morgan fingerprint density at radius 3 is 2.25 bits per heavy atom. The lowest BCUT2D eigenvalue weighted by molar-refractivity contribution is -0.000342. The van der Waals surface area contributed by atoms with Gasteiger partial charge in [-0.3, -0.25) is 0 Å². The average molecular weight is 115 g/mol. The number of hydroxylamine groups is 1. The first-order chi connectivity index (χ1) is 3.67. The molecule has 1 aliphatic rings. The molecule has 0 aromatic carbocycles. The van der Waals surface area contributed by atoms with Crippen LogP contribution in [0, 0.1) is 5.41 Å². The van der Waals surface area contributed by atoms with Gasteiger partial charge in [-0.2, -0.15) is 0 Å². The van der Waals surface area contributed by atoms with Gasteiger partial charge in [-0.25, -0.2) is 5.48 Å². The van der Waals surface area contributed by atoms with E-state index in [1.54, 1.807) is 0 Å². The molecule has 1 fully saturated rings. The lowest BCUT2D eigenvalue weighted by atomic mass is 9.68. The van der Waals surface area contributed by atoms with Gasteiger partial charge in [0.2, 0.25) is 0 Å². The molecule has 2 N–H and O–H groups in total. The van der Waals surface area contributed by atoms with Gasteiger partial charge in [-0.15, -0.1) is 0 Å². The molecule has 8 heavy (non-hydrogen) atoms. The molecule has 1 atom stereocenters. The molecule has 0 aromatic rings. The monoisotopic (exact) mass is 115 g/mol. The van der Waals surface area contributed by atoms with Crippen molar-refractivity contribution in [2.75, 3.05) is 0 Å². The van der Waals surface area contributed by atoms with E-state index in [0.717, 1.165) is 6.42 Å². The van der Waals surface area contributed by atoms with E-state index in [2.05, 4.69) is 19.3 Å². The molecule has 0 aliphatic heterocycles. The first kappa shape index (κ1) is 6.05. The molecule has 48 valence electrons. The van der Waals surface area contributed by atoms with Gasteiger partial charge in [0, 0.05) is 6.04 Å². The fraction of sp³-hybridized carbons (Fsp3) is 1.00. The molecule has 0 heterocycles. The summed E-state index contributed by atoms with van der Waals surface area (Å²) in [5, 5.41) is 8.47. The van der Waals surface area contributed by atoms with Crippen molar-refractivity contribution in [2.45, 2.75) is 32.7 Å². The van der Waals surface area contributed by atoms with Crippen LogP contribution in [0.4, 0.5) is 0 Å². The van der Waals surface area contributed by atoms with Crippen LogP contribution in [0.15, 0.2) is 0 Å². The normalized spacial score (nSPS) is 34.1. The Balaban J connectivity index is 2.37. The fourth-order valence-corrected chi connectivity index (χ4v) is 1.11. The molecule has 1 aliphatic carbocycles. The van der Waals surface area contributed by atoms with E-state index in [4.69, 9.17) is 5.21 Å². The number of hydrogen-bond donors (Lipinski definition) is 2. The highest BCUT2D eigenvalue weighted by Gasteiger charge is 2.37. The molecule has 0 radical (unpaired) electrons. The molecular formula is C6H13NO. The van der Waals surface area contributed by atoms with E-state index in [-0.39, 0.29) is 0 Å². The quantitative estimate of drug-likeness (QED) is 0.502. The van der Waals surface area contributed by atoms with Crippen molar-refractivity contribution in [1.82, 2.24) is 5.48 Å². The van der Waals surface area contributed by atoms with E-state index >= 15 is 0 Å². The first-order valence-electron chi connectivity index (χ1n) is 3.06. The summed E-state index contributed by atoms with van der Waals surface area (Å²) in [7, 11) is 0. The van der Waals surface area contributed by atoms with Crippen LogP contribution in [-0.2, 0) is 0 Å². The topological polar surface area (TPSA) is 32.3 Å². The van der Waals surface area contributed by atoms with Crippen LogP contribution < -0.4 is 5.48 Å². The standard InChI is InChI=1S/C6H13NO/c1-6(2)4-3-5(6)7-8/h5,7-8H,3-4H2,1-2H3. The largest absolute Gasteiger partial charge is 0.317 e. The smallest absolute Gasteiger partial charge is 0.0370 e. The zero-order valence-corrected chi connectivity index (χ0v) is 5.44. The van der Waals surface area contributed by atoms with Crippen molar-refractivity contribution < 1.29 is 5.21 Å². The third-order valence-corrected chi connectivity index (χ3v) is 2.18.